The van der Waals surface area contributed by atoms with Crippen LogP contribution in [0.3, 0.4) is 0 Å². The molecule has 0 aromatic rings. The van der Waals surface area contributed by atoms with Crippen molar-refractivity contribution in [2.24, 2.45) is 5.92 Å². The summed E-state index contributed by atoms with van der Waals surface area (Å²) in [4.78, 5) is 19.2. The second kappa shape index (κ2) is 7.38. The molecule has 0 aromatic carbocycles. The molecule has 1 amide bonds. The van der Waals surface area contributed by atoms with Gasteiger partial charge in [0.1, 0.15) is 0 Å². The topological polar surface area (TPSA) is 38.8 Å². The normalized spacial score (nSPS) is 28.9. The number of hydrogen-bond donors (Lipinski definition) is 1. The second-order valence-electron chi connectivity index (χ2n) is 6.55. The lowest BCUT2D eigenvalue weighted by atomic mass is 9.94. The van der Waals surface area contributed by atoms with Gasteiger partial charge in [-0.1, -0.05) is 0 Å². The van der Waals surface area contributed by atoms with Gasteiger partial charge in [-0.3, -0.25) is 9.69 Å². The van der Waals surface area contributed by atoms with Crippen molar-refractivity contribution in [3.05, 3.63) is 0 Å². The van der Waals surface area contributed by atoms with E-state index >= 15 is 0 Å². The van der Waals surface area contributed by atoms with Crippen molar-refractivity contribution in [1.82, 2.24) is 20.0 Å². The molecule has 0 aliphatic carbocycles. The number of likely N-dealkylation sites (N-methyl/N-ethyl adjacent to an activating group) is 1. The van der Waals surface area contributed by atoms with Crippen LogP contribution in [0, 0.1) is 5.92 Å². The highest BCUT2D eigenvalue weighted by atomic mass is 16.2. The van der Waals surface area contributed by atoms with Gasteiger partial charge < -0.3 is 15.1 Å². The van der Waals surface area contributed by atoms with Crippen LogP contribution in [0.2, 0.25) is 0 Å². The van der Waals surface area contributed by atoms with Crippen LogP contribution in [0.1, 0.15) is 19.8 Å². The van der Waals surface area contributed by atoms with Gasteiger partial charge in [-0.15, -0.1) is 0 Å². The highest BCUT2D eigenvalue weighted by Gasteiger charge is 2.29. The second-order valence-corrected chi connectivity index (χ2v) is 6.55. The molecule has 2 aliphatic rings. The molecule has 2 saturated heterocycles. The van der Waals surface area contributed by atoms with Crippen LogP contribution in [-0.2, 0) is 4.79 Å². The van der Waals surface area contributed by atoms with Crippen LogP contribution < -0.4 is 5.32 Å². The van der Waals surface area contributed by atoms with E-state index in [1.807, 2.05) is 0 Å². The minimum absolute atomic E-state index is 0.208. The molecule has 0 saturated carbocycles. The van der Waals surface area contributed by atoms with E-state index in [-0.39, 0.29) is 5.92 Å². The van der Waals surface area contributed by atoms with Crippen molar-refractivity contribution in [2.75, 3.05) is 59.9 Å². The van der Waals surface area contributed by atoms with E-state index in [1.165, 1.54) is 0 Å². The van der Waals surface area contributed by atoms with Crippen molar-refractivity contribution in [2.45, 2.75) is 25.8 Å². The van der Waals surface area contributed by atoms with Gasteiger partial charge >= 0.3 is 0 Å². The SMILES string of the molecule is CC1CCC(C(=O)N2CCN(CCN(C)C)CC2)CN1. The predicted molar refractivity (Wildman–Crippen MR) is 81.8 cm³/mol. The number of piperidine rings is 1. The first-order valence-corrected chi connectivity index (χ1v) is 7.95. The average molecular weight is 282 g/mol. The number of piperazine rings is 1. The van der Waals surface area contributed by atoms with Crippen molar-refractivity contribution in [1.29, 1.82) is 0 Å². The molecule has 5 nitrogen and oxygen atoms in total. The number of nitrogens with zero attached hydrogens (tertiary/aromatic N) is 3. The minimum atomic E-state index is 0.208. The molecule has 0 bridgehead atoms. The molecule has 2 atom stereocenters. The molecule has 2 fully saturated rings. The molecule has 20 heavy (non-hydrogen) atoms. The molecule has 0 spiro atoms. The Kier molecular flexibility index (Phi) is 5.81. The summed E-state index contributed by atoms with van der Waals surface area (Å²) in [5.74, 6) is 0.580. The molecule has 0 aromatic heterocycles. The fourth-order valence-corrected chi connectivity index (χ4v) is 3.00. The molecule has 2 aliphatic heterocycles. The van der Waals surface area contributed by atoms with Crippen molar-refractivity contribution in [3.63, 3.8) is 0 Å². The number of nitrogens with one attached hydrogen (secondary N) is 1. The maximum Gasteiger partial charge on any atom is 0.227 e. The maximum absolute atomic E-state index is 12.5. The average Bonchev–Trinajstić information content (AvgIpc) is 2.46. The number of carbonyl (C=O) groups is 1. The van der Waals surface area contributed by atoms with Crippen molar-refractivity contribution < 1.29 is 4.79 Å². The van der Waals surface area contributed by atoms with Crippen LogP contribution in [0.5, 0.6) is 0 Å². The Morgan fingerprint density at radius 3 is 2.45 bits per heavy atom. The number of carbonyl (C=O) groups excluding carboxylic acids is 1. The molecule has 5 heteroatoms. The summed E-state index contributed by atoms with van der Waals surface area (Å²) in [6.45, 7) is 9.11. The van der Waals surface area contributed by atoms with Gasteiger partial charge in [0.15, 0.2) is 0 Å². The Hall–Kier alpha value is -0.650. The Bertz CT molecular complexity index is 305. The molecule has 116 valence electrons. The van der Waals surface area contributed by atoms with Gasteiger partial charge in [-0.05, 0) is 33.9 Å². The summed E-state index contributed by atoms with van der Waals surface area (Å²) in [7, 11) is 4.22. The molecule has 1 N–H and O–H groups in total. The first kappa shape index (κ1) is 15.7. The molecule has 0 radical (unpaired) electrons. The third kappa shape index (κ3) is 4.43. The highest BCUT2D eigenvalue weighted by molar-refractivity contribution is 5.79. The fourth-order valence-electron chi connectivity index (χ4n) is 3.00. The lowest BCUT2D eigenvalue weighted by Gasteiger charge is -2.38. The third-order valence-electron chi connectivity index (χ3n) is 4.56. The minimum Gasteiger partial charge on any atom is -0.340 e. The summed E-state index contributed by atoms with van der Waals surface area (Å²) in [6, 6.07) is 0.571. The van der Waals surface area contributed by atoms with Gasteiger partial charge in [-0.25, -0.2) is 0 Å². The summed E-state index contributed by atoms with van der Waals surface area (Å²) < 4.78 is 0. The van der Waals surface area contributed by atoms with E-state index in [0.717, 1.165) is 58.7 Å². The van der Waals surface area contributed by atoms with Gasteiger partial charge in [0.2, 0.25) is 5.91 Å². The van der Waals surface area contributed by atoms with Crippen molar-refractivity contribution >= 4 is 5.91 Å². The van der Waals surface area contributed by atoms with E-state index in [4.69, 9.17) is 0 Å². The summed E-state index contributed by atoms with van der Waals surface area (Å²) in [6.07, 6.45) is 2.17. The van der Waals surface area contributed by atoms with Crippen LogP contribution in [0.25, 0.3) is 0 Å². The third-order valence-corrected chi connectivity index (χ3v) is 4.56. The largest absolute Gasteiger partial charge is 0.340 e. The molecule has 2 rings (SSSR count). The van der Waals surface area contributed by atoms with E-state index in [9.17, 15) is 4.79 Å². The predicted octanol–water partition coefficient (Wildman–Crippen LogP) is 0.0803. The first-order chi connectivity index (χ1) is 9.56. The summed E-state index contributed by atoms with van der Waals surface area (Å²) >= 11 is 0. The van der Waals surface area contributed by atoms with Gasteiger partial charge in [-0.2, -0.15) is 0 Å². The zero-order valence-electron chi connectivity index (χ0n) is 13.3. The summed E-state index contributed by atoms with van der Waals surface area (Å²) in [5.41, 5.74) is 0. The quantitative estimate of drug-likeness (QED) is 0.793. The Labute approximate surface area is 123 Å². The Balaban J connectivity index is 1.71. The van der Waals surface area contributed by atoms with E-state index in [0.29, 0.717) is 11.9 Å². The lowest BCUT2D eigenvalue weighted by Crippen LogP contribution is -2.53. The summed E-state index contributed by atoms with van der Waals surface area (Å²) in [5, 5.41) is 3.43. The van der Waals surface area contributed by atoms with Crippen LogP contribution in [0.15, 0.2) is 0 Å². The zero-order valence-corrected chi connectivity index (χ0v) is 13.3. The Morgan fingerprint density at radius 1 is 1.20 bits per heavy atom. The van der Waals surface area contributed by atoms with Crippen LogP contribution in [0.4, 0.5) is 0 Å². The lowest BCUT2D eigenvalue weighted by molar-refractivity contribution is -0.138. The van der Waals surface area contributed by atoms with E-state index in [1.54, 1.807) is 0 Å². The Morgan fingerprint density at radius 2 is 1.90 bits per heavy atom. The molecule has 2 heterocycles. The zero-order chi connectivity index (χ0) is 14.5. The molecule has 2 unspecified atom stereocenters. The first-order valence-electron chi connectivity index (χ1n) is 7.95. The van der Waals surface area contributed by atoms with E-state index < -0.39 is 0 Å². The molecular weight excluding hydrogens is 252 g/mol. The van der Waals surface area contributed by atoms with Crippen molar-refractivity contribution in [3.8, 4) is 0 Å². The van der Waals surface area contributed by atoms with Crippen LogP contribution in [-0.4, -0.2) is 86.6 Å². The smallest absolute Gasteiger partial charge is 0.227 e. The van der Waals surface area contributed by atoms with Crippen LogP contribution >= 0.6 is 0 Å². The maximum atomic E-state index is 12.5. The number of amides is 1. The number of rotatable bonds is 4. The molecular formula is C15H30N4O. The van der Waals surface area contributed by atoms with Gasteiger partial charge in [0, 0.05) is 51.9 Å². The highest BCUT2D eigenvalue weighted by Crippen LogP contribution is 2.17. The van der Waals surface area contributed by atoms with Gasteiger partial charge in [0.05, 0.1) is 5.92 Å². The van der Waals surface area contributed by atoms with E-state index in [2.05, 4.69) is 41.0 Å². The standard InChI is InChI=1S/C15H30N4O/c1-13-4-5-14(12-16-13)15(20)19-10-8-18(9-11-19)7-6-17(2)3/h13-14,16H,4-12H2,1-3H3. The number of hydrogen-bond acceptors (Lipinski definition) is 4. The monoisotopic (exact) mass is 282 g/mol. The fraction of sp³-hybridized carbons (Fsp3) is 0.933. The van der Waals surface area contributed by atoms with Gasteiger partial charge in [0.25, 0.3) is 0 Å².